The molecule has 0 amide bonds. The molecule has 0 fully saturated rings. The molecule has 1 N–H and O–H groups in total. The van der Waals surface area contributed by atoms with E-state index in [4.69, 9.17) is 10.4 Å². The quantitative estimate of drug-likeness (QED) is 0.857. The second kappa shape index (κ2) is 5.71. The Balaban J connectivity index is 3.46. The molecule has 0 atom stereocenters. The molecule has 7 heteroatoms. The average molecular weight is 273 g/mol. The van der Waals surface area contributed by atoms with Gasteiger partial charge < -0.3 is 9.84 Å². The number of nitrogens with zero attached hydrogens (tertiary/aromatic N) is 1. The van der Waals surface area contributed by atoms with Gasteiger partial charge in [0.25, 0.3) is 0 Å². The number of hydrogen-bond donors (Lipinski definition) is 1. The lowest BCUT2D eigenvalue weighted by molar-refractivity contribution is -0.138. The Labute approximate surface area is 107 Å². The predicted molar refractivity (Wildman–Crippen MR) is 58.0 cm³/mol. The number of nitriles is 1. The number of alkyl halides is 3. The van der Waals surface area contributed by atoms with Gasteiger partial charge in [-0.2, -0.15) is 18.4 Å². The Morgan fingerprint density at radius 2 is 2.11 bits per heavy atom. The van der Waals surface area contributed by atoms with E-state index in [-0.39, 0.29) is 12.2 Å². The third-order valence-corrected chi connectivity index (χ3v) is 2.31. The van der Waals surface area contributed by atoms with Crippen molar-refractivity contribution < 1.29 is 27.8 Å². The van der Waals surface area contributed by atoms with Gasteiger partial charge in [0.05, 0.1) is 36.0 Å². The van der Waals surface area contributed by atoms with Crippen LogP contribution in [-0.2, 0) is 17.5 Å². The molecule has 0 spiro atoms. The van der Waals surface area contributed by atoms with E-state index in [1.165, 1.54) is 6.07 Å². The highest BCUT2D eigenvalue weighted by Gasteiger charge is 2.37. The predicted octanol–water partition coefficient (Wildman–Crippen LogP) is 2.25. The number of rotatable bonds is 3. The number of ether oxygens (including phenoxy) is 1. The van der Waals surface area contributed by atoms with Crippen molar-refractivity contribution in [3.63, 3.8) is 0 Å². The first-order valence-corrected chi connectivity index (χ1v) is 5.27. The Hall–Kier alpha value is -2.07. The van der Waals surface area contributed by atoms with Gasteiger partial charge in [0, 0.05) is 0 Å². The van der Waals surface area contributed by atoms with Crippen molar-refractivity contribution in [3.8, 4) is 6.07 Å². The summed E-state index contributed by atoms with van der Waals surface area (Å²) in [5.74, 6) is -0.845. The van der Waals surface area contributed by atoms with Gasteiger partial charge in [-0.15, -0.1) is 0 Å². The van der Waals surface area contributed by atoms with Gasteiger partial charge in [-0.25, -0.2) is 4.79 Å². The first-order valence-electron chi connectivity index (χ1n) is 5.27. The van der Waals surface area contributed by atoms with Crippen LogP contribution in [0.25, 0.3) is 0 Å². The Bertz CT molecular complexity index is 532. The van der Waals surface area contributed by atoms with E-state index in [1.807, 2.05) is 0 Å². The molecule has 0 aliphatic rings. The van der Waals surface area contributed by atoms with Crippen molar-refractivity contribution in [1.29, 1.82) is 5.26 Å². The molecule has 1 aromatic carbocycles. The van der Waals surface area contributed by atoms with Crippen LogP contribution in [0, 0.1) is 11.3 Å². The Morgan fingerprint density at radius 3 is 2.53 bits per heavy atom. The molecular formula is C12H10F3NO3. The molecule has 102 valence electrons. The Morgan fingerprint density at radius 1 is 1.47 bits per heavy atom. The number of benzene rings is 1. The van der Waals surface area contributed by atoms with E-state index in [9.17, 15) is 18.0 Å². The fourth-order valence-electron chi connectivity index (χ4n) is 1.58. The lowest BCUT2D eigenvalue weighted by atomic mass is 9.98. The number of aliphatic hydroxyl groups excluding tert-OH is 1. The number of carbonyl (C=O) groups excluding carboxylic acids is 1. The van der Waals surface area contributed by atoms with Crippen LogP contribution in [0.2, 0.25) is 0 Å². The SMILES string of the molecule is CCOC(=O)c1cc(C#N)c(C(F)(F)F)c(CO)c1. The number of aliphatic hydroxyl groups is 1. The molecule has 0 bridgehead atoms. The summed E-state index contributed by atoms with van der Waals surface area (Å²) >= 11 is 0. The number of esters is 1. The maximum Gasteiger partial charge on any atom is 0.418 e. The van der Waals surface area contributed by atoms with E-state index < -0.39 is 35.4 Å². The van der Waals surface area contributed by atoms with E-state index in [0.29, 0.717) is 0 Å². The second-order valence-corrected chi connectivity index (χ2v) is 3.55. The van der Waals surface area contributed by atoms with Crippen molar-refractivity contribution in [2.24, 2.45) is 0 Å². The van der Waals surface area contributed by atoms with Crippen molar-refractivity contribution in [2.45, 2.75) is 19.7 Å². The lowest BCUT2D eigenvalue weighted by Crippen LogP contribution is -2.15. The molecule has 4 nitrogen and oxygen atoms in total. The summed E-state index contributed by atoms with van der Waals surface area (Å²) < 4.78 is 43.0. The minimum absolute atomic E-state index is 0.0518. The van der Waals surface area contributed by atoms with Crippen LogP contribution in [-0.4, -0.2) is 17.7 Å². The van der Waals surface area contributed by atoms with Crippen molar-refractivity contribution in [1.82, 2.24) is 0 Å². The summed E-state index contributed by atoms with van der Waals surface area (Å²) in [5, 5.41) is 17.7. The van der Waals surface area contributed by atoms with Gasteiger partial charge in [0.1, 0.15) is 0 Å². The summed E-state index contributed by atoms with van der Waals surface area (Å²) in [6.07, 6.45) is -4.78. The molecule has 0 unspecified atom stereocenters. The molecule has 1 aromatic rings. The fourth-order valence-corrected chi connectivity index (χ4v) is 1.58. The van der Waals surface area contributed by atoms with E-state index >= 15 is 0 Å². The molecule has 0 aromatic heterocycles. The maximum absolute atomic E-state index is 12.8. The van der Waals surface area contributed by atoms with Crippen molar-refractivity contribution in [2.75, 3.05) is 6.61 Å². The van der Waals surface area contributed by atoms with E-state index in [1.54, 1.807) is 6.92 Å². The maximum atomic E-state index is 12.8. The minimum atomic E-state index is -4.78. The zero-order valence-corrected chi connectivity index (χ0v) is 9.91. The van der Waals surface area contributed by atoms with Crippen LogP contribution < -0.4 is 0 Å². The highest BCUT2D eigenvalue weighted by Crippen LogP contribution is 2.35. The summed E-state index contributed by atoms with van der Waals surface area (Å²) in [5.41, 5.74) is -2.68. The molecular weight excluding hydrogens is 263 g/mol. The van der Waals surface area contributed by atoms with Gasteiger partial charge in [-0.05, 0) is 24.6 Å². The highest BCUT2D eigenvalue weighted by molar-refractivity contribution is 5.90. The molecule has 19 heavy (non-hydrogen) atoms. The molecule has 1 rings (SSSR count). The number of hydrogen-bond acceptors (Lipinski definition) is 4. The molecule has 0 saturated carbocycles. The molecule has 0 aliphatic carbocycles. The first kappa shape index (κ1) is 15.0. The van der Waals surface area contributed by atoms with Crippen LogP contribution in [0.1, 0.15) is 34.0 Å². The first-order chi connectivity index (χ1) is 8.85. The van der Waals surface area contributed by atoms with Gasteiger partial charge in [0.2, 0.25) is 0 Å². The van der Waals surface area contributed by atoms with Crippen molar-refractivity contribution in [3.05, 3.63) is 34.4 Å². The van der Waals surface area contributed by atoms with Gasteiger partial charge >= 0.3 is 12.1 Å². The number of halogens is 3. The highest BCUT2D eigenvalue weighted by atomic mass is 19.4. The normalized spacial score (nSPS) is 10.9. The molecule has 0 heterocycles. The third kappa shape index (κ3) is 3.23. The standard InChI is InChI=1S/C12H10F3NO3/c1-2-19-11(18)7-3-8(5-16)10(12(13,14)15)9(4-7)6-17/h3-4,17H,2,6H2,1H3. The van der Waals surface area contributed by atoms with Crippen LogP contribution in [0.5, 0.6) is 0 Å². The van der Waals surface area contributed by atoms with E-state index in [2.05, 4.69) is 4.74 Å². The zero-order chi connectivity index (χ0) is 14.6. The second-order valence-electron chi connectivity index (χ2n) is 3.55. The average Bonchev–Trinajstić information content (AvgIpc) is 2.36. The smallest absolute Gasteiger partial charge is 0.418 e. The summed E-state index contributed by atoms with van der Waals surface area (Å²) in [6, 6.07) is 3.06. The van der Waals surface area contributed by atoms with E-state index in [0.717, 1.165) is 12.1 Å². The van der Waals surface area contributed by atoms with Gasteiger partial charge in [0.15, 0.2) is 0 Å². The topological polar surface area (TPSA) is 70.3 Å². The largest absolute Gasteiger partial charge is 0.462 e. The summed E-state index contributed by atoms with van der Waals surface area (Å²) in [4.78, 5) is 11.4. The summed E-state index contributed by atoms with van der Waals surface area (Å²) in [7, 11) is 0. The van der Waals surface area contributed by atoms with Crippen LogP contribution >= 0.6 is 0 Å². The van der Waals surface area contributed by atoms with Crippen molar-refractivity contribution >= 4 is 5.97 Å². The molecule has 0 aliphatic heterocycles. The monoisotopic (exact) mass is 273 g/mol. The molecule has 0 saturated heterocycles. The van der Waals surface area contributed by atoms with Crippen LogP contribution in [0.15, 0.2) is 12.1 Å². The third-order valence-electron chi connectivity index (χ3n) is 2.31. The van der Waals surface area contributed by atoms with Gasteiger partial charge in [-0.3, -0.25) is 0 Å². The van der Waals surface area contributed by atoms with Crippen LogP contribution in [0.4, 0.5) is 13.2 Å². The minimum Gasteiger partial charge on any atom is -0.462 e. The number of carbonyl (C=O) groups is 1. The Kier molecular flexibility index (Phi) is 4.51. The fraction of sp³-hybridized carbons (Fsp3) is 0.333. The zero-order valence-electron chi connectivity index (χ0n) is 9.91. The van der Waals surface area contributed by atoms with Gasteiger partial charge in [-0.1, -0.05) is 0 Å². The summed E-state index contributed by atoms with van der Waals surface area (Å²) in [6.45, 7) is 0.660. The lowest BCUT2D eigenvalue weighted by Gasteiger charge is -2.14. The molecule has 0 radical (unpaired) electrons. The van der Waals surface area contributed by atoms with Crippen LogP contribution in [0.3, 0.4) is 0 Å².